The molecule has 3 N–H and O–H groups in total. The maximum Gasteiger partial charge on any atom is 0.152 e. The highest BCUT2D eigenvalue weighted by Crippen LogP contribution is 2.37. The van der Waals surface area contributed by atoms with Crippen molar-refractivity contribution in [2.24, 2.45) is 0 Å². The second kappa shape index (κ2) is 4.26. The van der Waals surface area contributed by atoms with Gasteiger partial charge in [-0.2, -0.15) is 11.8 Å². The molecule has 1 fully saturated rings. The number of nitrogens with zero attached hydrogens (tertiary/aromatic N) is 2. The van der Waals surface area contributed by atoms with Crippen LogP contribution in [0.2, 0.25) is 0 Å². The van der Waals surface area contributed by atoms with E-state index in [9.17, 15) is 0 Å². The van der Waals surface area contributed by atoms with E-state index in [1.807, 2.05) is 11.8 Å². The minimum Gasteiger partial charge on any atom is -0.394 e. The number of thioether (sulfide) groups is 1. The van der Waals surface area contributed by atoms with Gasteiger partial charge in [0.2, 0.25) is 0 Å². The van der Waals surface area contributed by atoms with Crippen molar-refractivity contribution in [2.45, 2.75) is 24.5 Å². The van der Waals surface area contributed by atoms with Gasteiger partial charge in [-0.15, -0.1) is 0 Å². The van der Waals surface area contributed by atoms with Gasteiger partial charge >= 0.3 is 0 Å². The second-order valence-electron chi connectivity index (χ2n) is 4.08. The minimum atomic E-state index is 0.331. The van der Waals surface area contributed by atoms with Crippen LogP contribution in [0.4, 0.5) is 11.5 Å². The Labute approximate surface area is 94.1 Å². The fourth-order valence-electron chi connectivity index (χ4n) is 1.74. The SMILES string of the molecule is CC1(CNc2ncncc2N)CCCS1. The molecule has 1 aromatic heterocycles. The summed E-state index contributed by atoms with van der Waals surface area (Å²) in [6, 6.07) is 0. The Morgan fingerprint density at radius 2 is 2.53 bits per heavy atom. The lowest BCUT2D eigenvalue weighted by Crippen LogP contribution is -2.27. The third-order valence-electron chi connectivity index (χ3n) is 2.67. The number of anilines is 2. The van der Waals surface area contributed by atoms with Crippen LogP contribution in [-0.2, 0) is 0 Å². The Balaban J connectivity index is 1.95. The van der Waals surface area contributed by atoms with E-state index >= 15 is 0 Å². The molecule has 0 aromatic carbocycles. The van der Waals surface area contributed by atoms with Gasteiger partial charge in [0.1, 0.15) is 6.33 Å². The normalized spacial score (nSPS) is 25.4. The molecule has 1 atom stereocenters. The zero-order chi connectivity index (χ0) is 10.7. The zero-order valence-corrected chi connectivity index (χ0v) is 9.68. The Morgan fingerprint density at radius 1 is 1.67 bits per heavy atom. The number of hydrogen-bond acceptors (Lipinski definition) is 5. The van der Waals surface area contributed by atoms with Gasteiger partial charge in [-0.25, -0.2) is 9.97 Å². The van der Waals surface area contributed by atoms with E-state index in [2.05, 4.69) is 22.2 Å². The van der Waals surface area contributed by atoms with Crippen LogP contribution < -0.4 is 11.1 Å². The van der Waals surface area contributed by atoms with Gasteiger partial charge in [0.15, 0.2) is 5.82 Å². The van der Waals surface area contributed by atoms with Gasteiger partial charge in [0.05, 0.1) is 11.9 Å². The summed E-state index contributed by atoms with van der Waals surface area (Å²) in [5.41, 5.74) is 6.37. The highest BCUT2D eigenvalue weighted by Gasteiger charge is 2.29. The quantitative estimate of drug-likeness (QED) is 0.819. The largest absolute Gasteiger partial charge is 0.394 e. The van der Waals surface area contributed by atoms with E-state index in [0.717, 1.165) is 12.4 Å². The van der Waals surface area contributed by atoms with Crippen LogP contribution >= 0.6 is 11.8 Å². The smallest absolute Gasteiger partial charge is 0.152 e. The molecular weight excluding hydrogens is 208 g/mol. The minimum absolute atomic E-state index is 0.331. The van der Waals surface area contributed by atoms with Crippen molar-refractivity contribution in [3.63, 3.8) is 0 Å². The Morgan fingerprint density at radius 3 is 3.20 bits per heavy atom. The van der Waals surface area contributed by atoms with E-state index in [1.54, 1.807) is 6.20 Å². The van der Waals surface area contributed by atoms with E-state index in [0.29, 0.717) is 10.4 Å². The van der Waals surface area contributed by atoms with Crippen LogP contribution in [0.25, 0.3) is 0 Å². The summed E-state index contributed by atoms with van der Waals surface area (Å²) in [6.45, 7) is 3.20. The van der Waals surface area contributed by atoms with Crippen molar-refractivity contribution < 1.29 is 0 Å². The van der Waals surface area contributed by atoms with Gasteiger partial charge in [-0.05, 0) is 25.5 Å². The first-order valence-electron chi connectivity index (χ1n) is 5.13. The monoisotopic (exact) mass is 224 g/mol. The Hall–Kier alpha value is -0.970. The molecule has 0 spiro atoms. The molecule has 1 saturated heterocycles. The molecule has 2 rings (SSSR count). The molecule has 0 aliphatic carbocycles. The van der Waals surface area contributed by atoms with Gasteiger partial charge in [-0.3, -0.25) is 0 Å². The van der Waals surface area contributed by atoms with Gasteiger partial charge in [-0.1, -0.05) is 0 Å². The summed E-state index contributed by atoms with van der Waals surface area (Å²) in [5.74, 6) is 2.01. The lowest BCUT2D eigenvalue weighted by molar-refractivity contribution is 0.634. The van der Waals surface area contributed by atoms with Crippen molar-refractivity contribution in [3.8, 4) is 0 Å². The van der Waals surface area contributed by atoms with Crippen molar-refractivity contribution in [3.05, 3.63) is 12.5 Å². The van der Waals surface area contributed by atoms with Crippen LogP contribution in [0.3, 0.4) is 0 Å². The zero-order valence-electron chi connectivity index (χ0n) is 8.86. The fourth-order valence-corrected chi connectivity index (χ4v) is 2.98. The number of hydrogen-bond donors (Lipinski definition) is 2. The van der Waals surface area contributed by atoms with Crippen molar-refractivity contribution in [1.29, 1.82) is 0 Å². The number of nitrogens with two attached hydrogens (primary N) is 1. The average molecular weight is 224 g/mol. The average Bonchev–Trinajstić information content (AvgIpc) is 2.65. The molecule has 1 aromatic rings. The summed E-state index contributed by atoms with van der Waals surface area (Å²) in [6.07, 6.45) is 5.71. The predicted molar refractivity (Wildman–Crippen MR) is 65.0 cm³/mol. The molecule has 0 amide bonds. The summed E-state index contributed by atoms with van der Waals surface area (Å²) >= 11 is 2.02. The second-order valence-corrected chi connectivity index (χ2v) is 5.76. The lowest BCUT2D eigenvalue weighted by Gasteiger charge is -2.23. The standard InChI is InChI=1S/C10H16N4S/c1-10(3-2-4-15-10)6-13-9-8(11)5-12-7-14-9/h5,7H,2-4,6,11H2,1H3,(H,12,13,14). The Kier molecular flexibility index (Phi) is 3.00. The van der Waals surface area contributed by atoms with Crippen LogP contribution in [-0.4, -0.2) is 27.0 Å². The van der Waals surface area contributed by atoms with Gasteiger partial charge in [0, 0.05) is 11.3 Å². The third kappa shape index (κ3) is 2.53. The highest BCUT2D eigenvalue weighted by molar-refractivity contribution is 8.00. The number of nitrogen functional groups attached to an aromatic ring is 1. The maximum atomic E-state index is 5.75. The highest BCUT2D eigenvalue weighted by atomic mass is 32.2. The Bertz CT molecular complexity index is 336. The van der Waals surface area contributed by atoms with Crippen LogP contribution in [0.5, 0.6) is 0 Å². The van der Waals surface area contributed by atoms with Crippen molar-refractivity contribution >= 4 is 23.3 Å². The van der Waals surface area contributed by atoms with Crippen LogP contribution in [0, 0.1) is 0 Å². The summed E-state index contributed by atoms with van der Waals surface area (Å²) < 4.78 is 0.331. The van der Waals surface area contributed by atoms with E-state index in [-0.39, 0.29) is 0 Å². The fraction of sp³-hybridized carbons (Fsp3) is 0.600. The van der Waals surface area contributed by atoms with Crippen LogP contribution in [0.1, 0.15) is 19.8 Å². The number of aromatic nitrogens is 2. The topological polar surface area (TPSA) is 63.8 Å². The van der Waals surface area contributed by atoms with E-state index in [1.165, 1.54) is 24.9 Å². The van der Waals surface area contributed by atoms with Gasteiger partial charge < -0.3 is 11.1 Å². The molecule has 1 aliphatic heterocycles. The maximum absolute atomic E-state index is 5.75. The molecule has 5 heteroatoms. The lowest BCUT2D eigenvalue weighted by atomic mass is 10.1. The molecule has 82 valence electrons. The third-order valence-corrected chi connectivity index (χ3v) is 4.21. The molecule has 1 unspecified atom stereocenters. The number of rotatable bonds is 3. The molecule has 0 radical (unpaired) electrons. The van der Waals surface area contributed by atoms with E-state index in [4.69, 9.17) is 5.73 Å². The first-order chi connectivity index (χ1) is 7.20. The molecular formula is C10H16N4S. The molecule has 0 bridgehead atoms. The first kappa shape index (κ1) is 10.5. The first-order valence-corrected chi connectivity index (χ1v) is 6.11. The van der Waals surface area contributed by atoms with Crippen molar-refractivity contribution in [2.75, 3.05) is 23.3 Å². The molecule has 2 heterocycles. The van der Waals surface area contributed by atoms with E-state index < -0.39 is 0 Å². The van der Waals surface area contributed by atoms with Gasteiger partial charge in [0.25, 0.3) is 0 Å². The predicted octanol–water partition coefficient (Wildman–Crippen LogP) is 1.76. The molecule has 4 nitrogen and oxygen atoms in total. The molecule has 0 saturated carbocycles. The molecule has 15 heavy (non-hydrogen) atoms. The number of nitrogens with one attached hydrogen (secondary N) is 1. The van der Waals surface area contributed by atoms with Crippen molar-refractivity contribution in [1.82, 2.24) is 9.97 Å². The summed E-state index contributed by atoms with van der Waals surface area (Å²) in [7, 11) is 0. The summed E-state index contributed by atoms with van der Waals surface area (Å²) in [4.78, 5) is 7.97. The molecule has 1 aliphatic rings. The summed E-state index contributed by atoms with van der Waals surface area (Å²) in [5, 5.41) is 3.30. The van der Waals surface area contributed by atoms with Crippen LogP contribution in [0.15, 0.2) is 12.5 Å².